The number of rotatable bonds is 3. The highest BCUT2D eigenvalue weighted by Gasteiger charge is 2.23. The number of benzene rings is 1. The summed E-state index contributed by atoms with van der Waals surface area (Å²) in [5.74, 6) is -0.978. The third-order valence-corrected chi connectivity index (χ3v) is 1.82. The van der Waals surface area contributed by atoms with Crippen molar-refractivity contribution in [2.24, 2.45) is 5.73 Å². The molecule has 0 aliphatic rings. The van der Waals surface area contributed by atoms with Crippen LogP contribution in [0.2, 0.25) is 0 Å². The van der Waals surface area contributed by atoms with Crippen LogP contribution in [0.15, 0.2) is 18.2 Å². The summed E-state index contributed by atoms with van der Waals surface area (Å²) in [5, 5.41) is 10.3. The van der Waals surface area contributed by atoms with Crippen LogP contribution in [0, 0.1) is 15.9 Å². The van der Waals surface area contributed by atoms with E-state index in [9.17, 15) is 23.3 Å². The lowest BCUT2D eigenvalue weighted by Crippen LogP contribution is -2.20. The lowest BCUT2D eigenvalue weighted by Gasteiger charge is -2.11. The average Bonchev–Trinajstić information content (AvgIpc) is 2.16. The van der Waals surface area contributed by atoms with Gasteiger partial charge in [-0.2, -0.15) is 0 Å². The third-order valence-electron chi connectivity index (χ3n) is 1.82. The Morgan fingerprint density at radius 1 is 1.38 bits per heavy atom. The molecule has 16 heavy (non-hydrogen) atoms. The molecule has 4 nitrogen and oxygen atoms in total. The number of halogens is 4. The first-order chi connectivity index (χ1) is 6.93. The summed E-state index contributed by atoms with van der Waals surface area (Å²) in [7, 11) is 0. The minimum Gasteiger partial charge on any atom is -0.319 e. The van der Waals surface area contributed by atoms with Crippen LogP contribution in [0.5, 0.6) is 0 Å². The van der Waals surface area contributed by atoms with E-state index in [1.165, 1.54) is 0 Å². The van der Waals surface area contributed by atoms with Gasteiger partial charge in [0.1, 0.15) is 5.82 Å². The first-order valence-electron chi connectivity index (χ1n) is 3.91. The number of hydrogen-bond acceptors (Lipinski definition) is 3. The Balaban J connectivity index is 0.00000225. The highest BCUT2D eigenvalue weighted by Crippen LogP contribution is 2.24. The van der Waals surface area contributed by atoms with E-state index in [1.54, 1.807) is 0 Å². The Hall–Kier alpha value is -1.34. The van der Waals surface area contributed by atoms with Crippen LogP contribution < -0.4 is 5.73 Å². The van der Waals surface area contributed by atoms with Crippen molar-refractivity contribution in [1.82, 2.24) is 0 Å². The van der Waals surface area contributed by atoms with Gasteiger partial charge in [0.25, 0.3) is 12.1 Å². The molecule has 0 radical (unpaired) electrons. The smallest absolute Gasteiger partial charge is 0.269 e. The number of nitro groups is 1. The van der Waals surface area contributed by atoms with Gasteiger partial charge in [0.05, 0.1) is 11.0 Å². The van der Waals surface area contributed by atoms with Crippen molar-refractivity contribution < 1.29 is 18.1 Å². The predicted molar refractivity (Wildman–Crippen MR) is 53.2 cm³/mol. The Bertz CT molecular complexity index is 390. The summed E-state index contributed by atoms with van der Waals surface area (Å²) >= 11 is 0. The first-order valence-corrected chi connectivity index (χ1v) is 3.91. The molecule has 1 rings (SSSR count). The van der Waals surface area contributed by atoms with Gasteiger partial charge in [0, 0.05) is 17.7 Å². The molecule has 0 unspecified atom stereocenters. The van der Waals surface area contributed by atoms with Crippen LogP contribution in [0.25, 0.3) is 0 Å². The lowest BCUT2D eigenvalue weighted by molar-refractivity contribution is -0.385. The summed E-state index contributed by atoms with van der Waals surface area (Å²) in [6.45, 7) is 0. The summed E-state index contributed by atoms with van der Waals surface area (Å²) in [5.41, 5.74) is 3.97. The molecule has 0 amide bonds. The molecule has 0 heterocycles. The first kappa shape index (κ1) is 14.7. The number of non-ortho nitro benzene ring substituents is 1. The van der Waals surface area contributed by atoms with Crippen LogP contribution in [0.4, 0.5) is 18.9 Å². The van der Waals surface area contributed by atoms with E-state index in [-0.39, 0.29) is 12.4 Å². The van der Waals surface area contributed by atoms with Gasteiger partial charge in [-0.15, -0.1) is 12.4 Å². The monoisotopic (exact) mass is 256 g/mol. The summed E-state index contributed by atoms with van der Waals surface area (Å²) in [6.07, 6.45) is -2.97. The zero-order valence-corrected chi connectivity index (χ0v) is 8.59. The van der Waals surface area contributed by atoms with Gasteiger partial charge in [-0.3, -0.25) is 10.1 Å². The molecule has 0 aromatic heterocycles. The molecule has 0 saturated heterocycles. The van der Waals surface area contributed by atoms with E-state index in [1.807, 2.05) is 0 Å². The molecule has 0 bridgehead atoms. The van der Waals surface area contributed by atoms with Gasteiger partial charge >= 0.3 is 0 Å². The maximum Gasteiger partial charge on any atom is 0.269 e. The van der Waals surface area contributed by atoms with Crippen molar-refractivity contribution in [2.75, 3.05) is 0 Å². The van der Waals surface area contributed by atoms with Crippen molar-refractivity contribution in [3.63, 3.8) is 0 Å². The van der Waals surface area contributed by atoms with Gasteiger partial charge in [-0.05, 0) is 6.07 Å². The summed E-state index contributed by atoms with van der Waals surface area (Å²) in [4.78, 5) is 9.51. The highest BCUT2D eigenvalue weighted by atomic mass is 35.5. The Morgan fingerprint density at radius 3 is 2.38 bits per heavy atom. The SMILES string of the molecule is Cl.N[C@@H](c1cc([N+](=O)[O-])ccc1F)C(F)F. The van der Waals surface area contributed by atoms with Gasteiger partial charge in [-0.25, -0.2) is 13.2 Å². The van der Waals surface area contributed by atoms with Crippen LogP contribution >= 0.6 is 12.4 Å². The van der Waals surface area contributed by atoms with Crippen molar-refractivity contribution in [3.8, 4) is 0 Å². The van der Waals surface area contributed by atoms with Crippen LogP contribution in [-0.2, 0) is 0 Å². The Kier molecular flexibility index (Phi) is 5.19. The second-order valence-corrected chi connectivity index (χ2v) is 2.82. The normalized spacial score (nSPS) is 12.1. The van der Waals surface area contributed by atoms with Crippen molar-refractivity contribution in [1.29, 1.82) is 0 Å². The second-order valence-electron chi connectivity index (χ2n) is 2.82. The van der Waals surface area contributed by atoms with E-state index in [0.717, 1.165) is 12.1 Å². The van der Waals surface area contributed by atoms with E-state index in [2.05, 4.69) is 0 Å². The van der Waals surface area contributed by atoms with E-state index in [4.69, 9.17) is 5.73 Å². The average molecular weight is 257 g/mol. The van der Waals surface area contributed by atoms with Gasteiger partial charge in [0.15, 0.2) is 0 Å². The van der Waals surface area contributed by atoms with E-state index in [0.29, 0.717) is 6.07 Å². The molecule has 0 spiro atoms. The molecule has 0 aliphatic heterocycles. The fourth-order valence-corrected chi connectivity index (χ4v) is 1.04. The van der Waals surface area contributed by atoms with Crippen LogP contribution in [0.1, 0.15) is 11.6 Å². The van der Waals surface area contributed by atoms with Crippen molar-refractivity contribution in [3.05, 3.63) is 39.7 Å². The standard InChI is InChI=1S/C8H7F3N2O2.ClH/c9-6-2-1-4(13(14)15)3-5(6)7(12)8(10)11;/h1-3,7-8H,12H2;1H/t7-;/m0./s1. The molecule has 1 atom stereocenters. The number of nitrogens with zero attached hydrogens (tertiary/aromatic N) is 1. The molecule has 90 valence electrons. The Labute approximate surface area is 94.8 Å². The maximum absolute atomic E-state index is 13.0. The quantitative estimate of drug-likeness (QED) is 0.667. The van der Waals surface area contributed by atoms with Gasteiger partial charge in [0.2, 0.25) is 0 Å². The van der Waals surface area contributed by atoms with E-state index < -0.39 is 34.5 Å². The van der Waals surface area contributed by atoms with Crippen LogP contribution in [-0.4, -0.2) is 11.3 Å². The number of nitro benzene ring substituents is 1. The highest BCUT2D eigenvalue weighted by molar-refractivity contribution is 5.85. The summed E-state index contributed by atoms with van der Waals surface area (Å²) in [6, 6.07) is 0.490. The predicted octanol–water partition coefficient (Wildman–Crippen LogP) is 2.42. The molecular weight excluding hydrogens is 249 g/mol. The third kappa shape index (κ3) is 3.07. The zero-order chi connectivity index (χ0) is 11.6. The minimum atomic E-state index is -2.97. The van der Waals surface area contributed by atoms with Crippen molar-refractivity contribution >= 4 is 18.1 Å². The van der Waals surface area contributed by atoms with Crippen LogP contribution in [0.3, 0.4) is 0 Å². The number of alkyl halides is 2. The molecular formula is C8H8ClF3N2O2. The molecule has 0 saturated carbocycles. The van der Waals surface area contributed by atoms with E-state index >= 15 is 0 Å². The fraction of sp³-hybridized carbons (Fsp3) is 0.250. The number of hydrogen-bond donors (Lipinski definition) is 1. The number of nitrogens with two attached hydrogens (primary N) is 1. The topological polar surface area (TPSA) is 69.2 Å². The minimum absolute atomic E-state index is 0. The molecule has 8 heteroatoms. The molecule has 2 N–H and O–H groups in total. The summed E-state index contributed by atoms with van der Waals surface area (Å²) < 4.78 is 37.3. The largest absolute Gasteiger partial charge is 0.319 e. The molecule has 1 aromatic rings. The van der Waals surface area contributed by atoms with Crippen molar-refractivity contribution in [2.45, 2.75) is 12.5 Å². The van der Waals surface area contributed by atoms with Gasteiger partial charge in [-0.1, -0.05) is 0 Å². The molecule has 0 aliphatic carbocycles. The maximum atomic E-state index is 13.0. The lowest BCUT2D eigenvalue weighted by atomic mass is 10.1. The molecule has 1 aromatic carbocycles. The Morgan fingerprint density at radius 2 is 1.94 bits per heavy atom. The zero-order valence-electron chi connectivity index (χ0n) is 7.77. The fourth-order valence-electron chi connectivity index (χ4n) is 1.04. The molecule has 0 fully saturated rings. The second kappa shape index (κ2) is 5.66. The van der Waals surface area contributed by atoms with Gasteiger partial charge < -0.3 is 5.73 Å².